The Hall–Kier alpha value is -2.67. The number of ketones is 1. The molecule has 4 rings (SSSR count). The number of thioether (sulfide) groups is 1. The van der Waals surface area contributed by atoms with E-state index < -0.39 is 0 Å². The molecule has 0 atom stereocenters. The zero-order valence-electron chi connectivity index (χ0n) is 16.1. The molecular weight excluding hydrogens is 370 g/mol. The molecule has 0 bridgehead atoms. The van der Waals surface area contributed by atoms with E-state index in [1.165, 1.54) is 30.3 Å². The fourth-order valence-electron chi connectivity index (χ4n) is 3.56. The molecule has 0 aliphatic heterocycles. The predicted octanol–water partition coefficient (Wildman–Crippen LogP) is 4.25. The molecule has 3 heterocycles. The van der Waals surface area contributed by atoms with Crippen LogP contribution in [0.1, 0.15) is 40.6 Å². The molecule has 28 heavy (non-hydrogen) atoms. The standard InChI is InChI=1S/C21H23N5OS/c1-4-10-25-20(16-6-5-9-22-12-16)23-24-21(25)28-13-19(27)18-11-14(2)26(15(18)3)17-7-8-17/h4-6,9,11-12,17H,1,7-8,10,13H2,2-3H3. The zero-order valence-corrected chi connectivity index (χ0v) is 16.9. The molecule has 1 fully saturated rings. The average molecular weight is 394 g/mol. The number of hydrogen-bond donors (Lipinski definition) is 0. The molecular formula is C21H23N5OS. The Morgan fingerprint density at radius 2 is 2.18 bits per heavy atom. The van der Waals surface area contributed by atoms with Gasteiger partial charge in [0.2, 0.25) is 0 Å². The molecule has 0 saturated heterocycles. The normalized spacial score (nSPS) is 13.6. The van der Waals surface area contributed by atoms with Gasteiger partial charge in [-0.25, -0.2) is 0 Å². The minimum Gasteiger partial charge on any atom is -0.345 e. The maximum absolute atomic E-state index is 12.9. The van der Waals surface area contributed by atoms with Crippen LogP contribution >= 0.6 is 11.8 Å². The highest BCUT2D eigenvalue weighted by Crippen LogP contribution is 2.38. The number of hydrogen-bond acceptors (Lipinski definition) is 5. The summed E-state index contributed by atoms with van der Waals surface area (Å²) >= 11 is 1.42. The van der Waals surface area contributed by atoms with Crippen LogP contribution in [0.5, 0.6) is 0 Å². The lowest BCUT2D eigenvalue weighted by Gasteiger charge is -2.08. The van der Waals surface area contributed by atoms with Gasteiger partial charge in [0, 0.05) is 47.5 Å². The fourth-order valence-corrected chi connectivity index (χ4v) is 4.39. The van der Waals surface area contributed by atoms with E-state index in [0.29, 0.717) is 23.5 Å². The zero-order chi connectivity index (χ0) is 19.7. The maximum atomic E-state index is 12.9. The summed E-state index contributed by atoms with van der Waals surface area (Å²) in [6.45, 7) is 8.53. The van der Waals surface area contributed by atoms with Gasteiger partial charge >= 0.3 is 0 Å². The molecule has 1 aliphatic rings. The molecule has 0 radical (unpaired) electrons. The molecule has 0 N–H and O–H groups in total. The van der Waals surface area contributed by atoms with E-state index in [1.807, 2.05) is 29.7 Å². The molecule has 7 heteroatoms. The van der Waals surface area contributed by atoms with Gasteiger partial charge in [-0.05, 0) is 44.9 Å². The van der Waals surface area contributed by atoms with Crippen LogP contribution in [0.2, 0.25) is 0 Å². The van der Waals surface area contributed by atoms with Crippen molar-refractivity contribution >= 4 is 17.5 Å². The second-order valence-electron chi connectivity index (χ2n) is 7.04. The van der Waals surface area contributed by atoms with E-state index in [9.17, 15) is 4.79 Å². The lowest BCUT2D eigenvalue weighted by molar-refractivity contribution is 0.102. The van der Waals surface area contributed by atoms with E-state index in [-0.39, 0.29) is 5.78 Å². The lowest BCUT2D eigenvalue weighted by atomic mass is 10.2. The number of carbonyl (C=O) groups excluding carboxylic acids is 1. The molecule has 0 spiro atoms. The van der Waals surface area contributed by atoms with E-state index in [2.05, 4.69) is 33.3 Å². The summed E-state index contributed by atoms with van der Waals surface area (Å²) in [5.74, 6) is 1.19. The second-order valence-corrected chi connectivity index (χ2v) is 7.99. The number of carbonyl (C=O) groups is 1. The van der Waals surface area contributed by atoms with Gasteiger partial charge in [0.1, 0.15) is 0 Å². The lowest BCUT2D eigenvalue weighted by Crippen LogP contribution is -2.07. The summed E-state index contributed by atoms with van der Waals surface area (Å²) in [5, 5.41) is 9.33. The predicted molar refractivity (Wildman–Crippen MR) is 111 cm³/mol. The van der Waals surface area contributed by atoms with E-state index in [4.69, 9.17) is 0 Å². The smallest absolute Gasteiger partial charge is 0.192 e. The van der Waals surface area contributed by atoms with Crippen molar-refractivity contribution < 1.29 is 4.79 Å². The van der Waals surface area contributed by atoms with Gasteiger partial charge in [0.05, 0.1) is 5.75 Å². The number of Topliss-reactive ketones (excluding diaryl/α,β-unsaturated/α-hetero) is 1. The van der Waals surface area contributed by atoms with Crippen LogP contribution in [-0.2, 0) is 6.54 Å². The van der Waals surface area contributed by atoms with Crippen LogP contribution in [0, 0.1) is 13.8 Å². The van der Waals surface area contributed by atoms with Crippen molar-refractivity contribution in [2.24, 2.45) is 0 Å². The number of pyridine rings is 1. The molecule has 0 amide bonds. The highest BCUT2D eigenvalue weighted by atomic mass is 32.2. The monoisotopic (exact) mass is 393 g/mol. The van der Waals surface area contributed by atoms with Gasteiger partial charge in [-0.15, -0.1) is 16.8 Å². The molecule has 0 unspecified atom stereocenters. The third-order valence-electron chi connectivity index (χ3n) is 4.98. The first kappa shape index (κ1) is 18.7. The summed E-state index contributed by atoms with van der Waals surface area (Å²) < 4.78 is 4.27. The summed E-state index contributed by atoms with van der Waals surface area (Å²) in [6.07, 6.45) is 7.71. The second kappa shape index (κ2) is 7.75. The van der Waals surface area contributed by atoms with Crippen molar-refractivity contribution in [1.82, 2.24) is 24.3 Å². The summed E-state index contributed by atoms with van der Waals surface area (Å²) in [6, 6.07) is 6.41. The van der Waals surface area contributed by atoms with Gasteiger partial charge in [0.15, 0.2) is 16.8 Å². The van der Waals surface area contributed by atoms with E-state index in [0.717, 1.165) is 22.6 Å². The Labute approximate surface area is 168 Å². The van der Waals surface area contributed by atoms with Crippen LogP contribution in [0.25, 0.3) is 11.4 Å². The highest BCUT2D eigenvalue weighted by Gasteiger charge is 2.28. The van der Waals surface area contributed by atoms with Gasteiger partial charge < -0.3 is 4.57 Å². The number of nitrogens with zero attached hydrogens (tertiary/aromatic N) is 5. The van der Waals surface area contributed by atoms with Crippen LogP contribution in [0.3, 0.4) is 0 Å². The fraction of sp³-hybridized carbons (Fsp3) is 0.333. The van der Waals surface area contributed by atoms with Crippen molar-refractivity contribution in [3.8, 4) is 11.4 Å². The van der Waals surface area contributed by atoms with E-state index in [1.54, 1.807) is 18.5 Å². The Balaban J connectivity index is 1.54. The maximum Gasteiger partial charge on any atom is 0.192 e. The third kappa shape index (κ3) is 3.54. The third-order valence-corrected chi connectivity index (χ3v) is 5.94. The Kier molecular flexibility index (Phi) is 5.17. The topological polar surface area (TPSA) is 65.6 Å². The first-order chi connectivity index (χ1) is 13.6. The minimum absolute atomic E-state index is 0.126. The van der Waals surface area contributed by atoms with Gasteiger partial charge in [-0.1, -0.05) is 17.8 Å². The molecule has 3 aromatic rings. The van der Waals surface area contributed by atoms with Crippen LogP contribution < -0.4 is 0 Å². The first-order valence-corrected chi connectivity index (χ1v) is 10.4. The quantitative estimate of drug-likeness (QED) is 0.325. The van der Waals surface area contributed by atoms with Crippen molar-refractivity contribution in [1.29, 1.82) is 0 Å². The minimum atomic E-state index is 0.126. The summed E-state index contributed by atoms with van der Waals surface area (Å²) in [7, 11) is 0. The van der Waals surface area contributed by atoms with Crippen molar-refractivity contribution in [3.63, 3.8) is 0 Å². The Morgan fingerprint density at radius 1 is 1.36 bits per heavy atom. The number of aryl methyl sites for hydroxylation is 1. The highest BCUT2D eigenvalue weighted by molar-refractivity contribution is 7.99. The molecule has 6 nitrogen and oxygen atoms in total. The Morgan fingerprint density at radius 3 is 2.86 bits per heavy atom. The summed E-state index contributed by atoms with van der Waals surface area (Å²) in [4.78, 5) is 17.0. The van der Waals surface area contributed by atoms with Gasteiger partial charge in [0.25, 0.3) is 0 Å². The Bertz CT molecular complexity index is 1020. The number of aromatic nitrogens is 5. The van der Waals surface area contributed by atoms with Crippen LogP contribution in [0.4, 0.5) is 0 Å². The molecule has 144 valence electrons. The SMILES string of the molecule is C=CCn1c(SCC(=O)c2cc(C)n(C3CC3)c2C)nnc1-c1cccnc1. The van der Waals surface area contributed by atoms with Gasteiger partial charge in [-0.2, -0.15) is 0 Å². The van der Waals surface area contributed by atoms with Crippen LogP contribution in [0.15, 0.2) is 48.4 Å². The summed E-state index contributed by atoms with van der Waals surface area (Å²) in [5.41, 5.74) is 3.96. The van der Waals surface area contributed by atoms with Crippen molar-refractivity contribution in [2.45, 2.75) is 44.4 Å². The van der Waals surface area contributed by atoms with E-state index >= 15 is 0 Å². The number of allylic oxidation sites excluding steroid dienone is 1. The van der Waals surface area contributed by atoms with Crippen molar-refractivity contribution in [2.75, 3.05) is 5.75 Å². The number of rotatable bonds is 8. The molecule has 1 saturated carbocycles. The average Bonchev–Trinajstić information content (AvgIpc) is 3.38. The van der Waals surface area contributed by atoms with Crippen LogP contribution in [-0.4, -0.2) is 35.9 Å². The largest absolute Gasteiger partial charge is 0.345 e. The molecule has 0 aromatic carbocycles. The van der Waals surface area contributed by atoms with Crippen molar-refractivity contribution in [3.05, 3.63) is 60.2 Å². The molecule has 3 aromatic heterocycles. The van der Waals surface area contributed by atoms with Gasteiger partial charge in [-0.3, -0.25) is 14.3 Å². The first-order valence-electron chi connectivity index (χ1n) is 9.39. The molecule has 1 aliphatic carbocycles.